The summed E-state index contributed by atoms with van der Waals surface area (Å²) in [4.78, 5) is 0. The zero-order chi connectivity index (χ0) is 14.7. The van der Waals surface area contributed by atoms with Crippen molar-refractivity contribution in [3.8, 4) is 0 Å². The summed E-state index contributed by atoms with van der Waals surface area (Å²) in [5.41, 5.74) is 4.88. The van der Waals surface area contributed by atoms with Crippen LogP contribution in [-0.4, -0.2) is 16.3 Å². The summed E-state index contributed by atoms with van der Waals surface area (Å²) in [5, 5.41) is 8.82. The van der Waals surface area contributed by atoms with Crippen LogP contribution in [0, 0.1) is 13.8 Å². The van der Waals surface area contributed by atoms with Gasteiger partial charge in [0.2, 0.25) is 0 Å². The molecule has 0 aliphatic rings. The van der Waals surface area contributed by atoms with Crippen LogP contribution < -0.4 is 5.32 Å². The molecule has 20 heavy (non-hydrogen) atoms. The van der Waals surface area contributed by atoms with Crippen molar-refractivity contribution in [3.63, 3.8) is 0 Å². The number of aryl methyl sites for hydroxylation is 2. The van der Waals surface area contributed by atoms with Gasteiger partial charge in [0.25, 0.3) is 0 Å². The molecular weight excluding hydrogens is 270 g/mol. The fourth-order valence-electron chi connectivity index (χ4n) is 2.59. The number of benzene rings is 1. The third-order valence-corrected chi connectivity index (χ3v) is 4.00. The maximum absolute atomic E-state index is 6.11. The van der Waals surface area contributed by atoms with Gasteiger partial charge in [0.15, 0.2) is 0 Å². The van der Waals surface area contributed by atoms with Crippen molar-refractivity contribution < 1.29 is 0 Å². The lowest BCUT2D eigenvalue weighted by Crippen LogP contribution is -2.23. The van der Waals surface area contributed by atoms with Crippen LogP contribution in [0.3, 0.4) is 0 Å². The van der Waals surface area contributed by atoms with Crippen LogP contribution in [-0.2, 0) is 13.5 Å². The summed E-state index contributed by atoms with van der Waals surface area (Å²) in [6, 6.07) is 8.34. The molecule has 0 aliphatic heterocycles. The Labute approximate surface area is 126 Å². The Morgan fingerprint density at radius 3 is 2.65 bits per heavy atom. The molecule has 0 spiro atoms. The van der Waals surface area contributed by atoms with Gasteiger partial charge in [-0.3, -0.25) is 4.68 Å². The minimum Gasteiger partial charge on any atom is -0.310 e. The Morgan fingerprint density at radius 1 is 1.35 bits per heavy atom. The van der Waals surface area contributed by atoms with E-state index in [9.17, 15) is 0 Å². The van der Waals surface area contributed by atoms with Crippen molar-refractivity contribution in [2.75, 3.05) is 6.54 Å². The summed E-state index contributed by atoms with van der Waals surface area (Å²) in [5.74, 6) is 0. The average molecular weight is 292 g/mol. The van der Waals surface area contributed by atoms with Gasteiger partial charge >= 0.3 is 0 Å². The Kier molecular flexibility index (Phi) is 4.84. The van der Waals surface area contributed by atoms with E-state index >= 15 is 0 Å². The molecule has 4 heteroatoms. The minimum atomic E-state index is 0.264. The number of halogens is 1. The number of nitrogens with zero attached hydrogens (tertiary/aromatic N) is 2. The molecule has 2 rings (SSSR count). The molecule has 1 atom stereocenters. The maximum atomic E-state index is 6.11. The van der Waals surface area contributed by atoms with Gasteiger partial charge < -0.3 is 5.32 Å². The van der Waals surface area contributed by atoms with E-state index in [-0.39, 0.29) is 6.04 Å². The van der Waals surface area contributed by atoms with Crippen molar-refractivity contribution in [3.05, 3.63) is 51.8 Å². The van der Waals surface area contributed by atoms with Gasteiger partial charge in [0.05, 0.1) is 5.69 Å². The predicted octanol–water partition coefficient (Wildman–Crippen LogP) is 3.58. The van der Waals surface area contributed by atoms with Crippen LogP contribution in [0.2, 0.25) is 5.02 Å². The third kappa shape index (κ3) is 3.22. The SMILES string of the molecule is CCNC(Cc1c(C)nn(C)c1C)c1cccc(Cl)c1. The summed E-state index contributed by atoms with van der Waals surface area (Å²) >= 11 is 6.11. The molecule has 1 aromatic carbocycles. The van der Waals surface area contributed by atoms with E-state index < -0.39 is 0 Å². The van der Waals surface area contributed by atoms with Gasteiger partial charge in [-0.15, -0.1) is 0 Å². The third-order valence-electron chi connectivity index (χ3n) is 3.77. The molecule has 1 aromatic heterocycles. The standard InChI is InChI=1S/C16H22ClN3/c1-5-18-16(13-7-6-8-14(17)9-13)10-15-11(2)19-20(4)12(15)3/h6-9,16,18H,5,10H2,1-4H3. The lowest BCUT2D eigenvalue weighted by atomic mass is 9.97. The van der Waals surface area contributed by atoms with Crippen molar-refractivity contribution in [2.45, 2.75) is 33.2 Å². The number of hydrogen-bond acceptors (Lipinski definition) is 2. The van der Waals surface area contributed by atoms with Gasteiger partial charge in [-0.25, -0.2) is 0 Å². The summed E-state index contributed by atoms with van der Waals surface area (Å²) in [6.07, 6.45) is 0.930. The van der Waals surface area contributed by atoms with E-state index in [1.54, 1.807) is 0 Å². The molecule has 0 bridgehead atoms. The van der Waals surface area contributed by atoms with Gasteiger partial charge in [-0.1, -0.05) is 30.7 Å². The smallest absolute Gasteiger partial charge is 0.0629 e. The zero-order valence-corrected chi connectivity index (χ0v) is 13.3. The molecule has 1 unspecified atom stereocenters. The van der Waals surface area contributed by atoms with E-state index in [2.05, 4.69) is 37.3 Å². The summed E-state index contributed by atoms with van der Waals surface area (Å²) < 4.78 is 1.95. The molecule has 2 aromatic rings. The van der Waals surface area contributed by atoms with Gasteiger partial charge in [-0.2, -0.15) is 5.10 Å². The quantitative estimate of drug-likeness (QED) is 0.912. The molecule has 0 aliphatic carbocycles. The summed E-state index contributed by atoms with van der Waals surface area (Å²) in [7, 11) is 1.99. The molecule has 0 radical (unpaired) electrons. The summed E-state index contributed by atoms with van der Waals surface area (Å²) in [6.45, 7) is 7.25. The molecule has 1 heterocycles. The van der Waals surface area contributed by atoms with Crippen LogP contribution in [0.4, 0.5) is 0 Å². The highest BCUT2D eigenvalue weighted by atomic mass is 35.5. The minimum absolute atomic E-state index is 0.264. The first-order valence-electron chi connectivity index (χ1n) is 7.00. The van der Waals surface area contributed by atoms with E-state index in [1.165, 1.54) is 16.8 Å². The normalized spacial score (nSPS) is 12.7. The van der Waals surface area contributed by atoms with E-state index in [4.69, 9.17) is 11.6 Å². The number of rotatable bonds is 5. The fourth-order valence-corrected chi connectivity index (χ4v) is 2.79. The van der Waals surface area contributed by atoms with Crippen LogP contribution in [0.1, 0.15) is 35.5 Å². The predicted molar refractivity (Wildman–Crippen MR) is 84.3 cm³/mol. The van der Waals surface area contributed by atoms with Crippen molar-refractivity contribution >= 4 is 11.6 Å². The van der Waals surface area contributed by atoms with E-state index in [0.717, 1.165) is 23.7 Å². The largest absolute Gasteiger partial charge is 0.310 e. The second kappa shape index (κ2) is 6.42. The Balaban J connectivity index is 2.30. The van der Waals surface area contributed by atoms with Crippen LogP contribution in [0.5, 0.6) is 0 Å². The molecule has 1 N–H and O–H groups in total. The lowest BCUT2D eigenvalue weighted by molar-refractivity contribution is 0.547. The van der Waals surface area contributed by atoms with Crippen molar-refractivity contribution in [1.82, 2.24) is 15.1 Å². The van der Waals surface area contributed by atoms with Gasteiger partial charge in [0.1, 0.15) is 0 Å². The Bertz CT molecular complexity index is 589. The van der Waals surface area contributed by atoms with Crippen LogP contribution in [0.25, 0.3) is 0 Å². The van der Waals surface area contributed by atoms with Crippen LogP contribution in [0.15, 0.2) is 24.3 Å². The first-order chi connectivity index (χ1) is 9.52. The van der Waals surface area contributed by atoms with Crippen molar-refractivity contribution in [1.29, 1.82) is 0 Å². The molecular formula is C16H22ClN3. The van der Waals surface area contributed by atoms with E-state index in [1.807, 2.05) is 29.9 Å². The number of likely N-dealkylation sites (N-methyl/N-ethyl adjacent to an activating group) is 1. The molecule has 108 valence electrons. The first-order valence-corrected chi connectivity index (χ1v) is 7.38. The monoisotopic (exact) mass is 291 g/mol. The Morgan fingerprint density at radius 2 is 2.10 bits per heavy atom. The van der Waals surface area contributed by atoms with Crippen molar-refractivity contribution in [2.24, 2.45) is 7.05 Å². The number of hydrogen-bond donors (Lipinski definition) is 1. The highest BCUT2D eigenvalue weighted by molar-refractivity contribution is 6.30. The number of aromatic nitrogens is 2. The van der Waals surface area contributed by atoms with E-state index in [0.29, 0.717) is 0 Å². The molecule has 0 saturated heterocycles. The molecule has 0 amide bonds. The molecule has 0 fully saturated rings. The van der Waals surface area contributed by atoms with Gasteiger partial charge in [-0.05, 0) is 50.1 Å². The topological polar surface area (TPSA) is 29.9 Å². The van der Waals surface area contributed by atoms with Gasteiger partial charge in [0, 0.05) is 23.8 Å². The average Bonchev–Trinajstić information content (AvgIpc) is 2.64. The lowest BCUT2D eigenvalue weighted by Gasteiger charge is -2.19. The second-order valence-corrected chi connectivity index (χ2v) is 5.58. The second-order valence-electron chi connectivity index (χ2n) is 5.14. The molecule has 3 nitrogen and oxygen atoms in total. The number of nitrogens with one attached hydrogen (secondary N) is 1. The maximum Gasteiger partial charge on any atom is 0.0629 e. The zero-order valence-electron chi connectivity index (χ0n) is 12.6. The molecule has 0 saturated carbocycles. The highest BCUT2D eigenvalue weighted by Gasteiger charge is 2.17. The highest BCUT2D eigenvalue weighted by Crippen LogP contribution is 2.24. The van der Waals surface area contributed by atoms with Crippen LogP contribution >= 0.6 is 11.6 Å². The fraction of sp³-hybridized carbons (Fsp3) is 0.438. The Hall–Kier alpha value is -1.32. The first kappa shape index (κ1) is 15.1.